The second-order valence-corrected chi connectivity index (χ2v) is 10.9. The summed E-state index contributed by atoms with van der Waals surface area (Å²) in [5.74, 6) is -5.54. The number of hydrogen-bond donors (Lipinski definition) is 5. The molecule has 0 radical (unpaired) electrons. The molecular formula is C25H46O9. The third-order valence-corrected chi connectivity index (χ3v) is 7.80. The van der Waals surface area contributed by atoms with E-state index in [1.54, 1.807) is 41.5 Å². The minimum atomic E-state index is -1.65. The van der Waals surface area contributed by atoms with E-state index in [-0.39, 0.29) is 6.42 Å². The Bertz CT molecular complexity index is 679. The molecule has 5 N–H and O–H groups in total. The minimum absolute atomic E-state index is 0.00420. The Balaban J connectivity index is 3.61. The summed E-state index contributed by atoms with van der Waals surface area (Å²) in [4.78, 5) is 25.0. The molecule has 1 rings (SSSR count). The van der Waals surface area contributed by atoms with Gasteiger partial charge in [0.1, 0.15) is 12.2 Å². The lowest BCUT2D eigenvalue weighted by atomic mass is 9.73. The Kier molecular flexibility index (Phi) is 11.0. The van der Waals surface area contributed by atoms with E-state index in [9.17, 15) is 35.1 Å². The molecule has 9 heteroatoms. The van der Waals surface area contributed by atoms with Gasteiger partial charge in [0.25, 0.3) is 0 Å². The van der Waals surface area contributed by atoms with Crippen LogP contribution in [0.15, 0.2) is 0 Å². The van der Waals surface area contributed by atoms with E-state index in [0.29, 0.717) is 0 Å². The van der Waals surface area contributed by atoms with Crippen LogP contribution in [0, 0.1) is 35.5 Å². The van der Waals surface area contributed by atoms with Crippen molar-refractivity contribution in [3.8, 4) is 0 Å². The predicted molar refractivity (Wildman–Crippen MR) is 125 cm³/mol. The first-order valence-corrected chi connectivity index (χ1v) is 12.3. The van der Waals surface area contributed by atoms with Crippen LogP contribution in [0.25, 0.3) is 0 Å². The van der Waals surface area contributed by atoms with E-state index < -0.39 is 89.7 Å². The summed E-state index contributed by atoms with van der Waals surface area (Å²) < 4.78 is 11.4. The topological polar surface area (TPSA) is 154 Å². The van der Waals surface area contributed by atoms with Crippen molar-refractivity contribution in [3.63, 3.8) is 0 Å². The fraction of sp³-hybridized carbons (Fsp3) is 0.920. The number of hydrogen-bond acceptors (Lipinski definition) is 9. The zero-order chi connectivity index (χ0) is 26.7. The highest BCUT2D eigenvalue weighted by Gasteiger charge is 2.47. The van der Waals surface area contributed by atoms with Crippen molar-refractivity contribution >= 4 is 11.9 Å². The quantitative estimate of drug-likeness (QED) is 0.368. The number of aliphatic hydroxyl groups is 5. The van der Waals surface area contributed by atoms with Gasteiger partial charge >= 0.3 is 11.9 Å². The summed E-state index contributed by atoms with van der Waals surface area (Å²) in [5.41, 5.74) is -1.65. The average Bonchev–Trinajstić information content (AvgIpc) is 2.75. The molecule has 0 aromatic heterocycles. The highest BCUT2D eigenvalue weighted by molar-refractivity contribution is 5.73. The van der Waals surface area contributed by atoms with Gasteiger partial charge in [0, 0.05) is 30.6 Å². The standard InChI is InChI=1S/C25H46O9/c1-11-10-25(9,32)23(30)16(6)22(33-18(8)27)15(5)21(12(2)17(7)26)34-24(31)14(4)20(29)13(3)19(11)28/h11-17,19-23,26,28-30,32H,10H2,1-9H3/t11?,12-,13+,14+,15-,16-,17-,19-,20-,21+,22-,23+,25-/m0/s1. The molecule has 0 amide bonds. The molecule has 0 bridgehead atoms. The van der Waals surface area contributed by atoms with Crippen LogP contribution in [0.2, 0.25) is 0 Å². The lowest BCUT2D eigenvalue weighted by Crippen LogP contribution is -2.54. The summed E-state index contributed by atoms with van der Waals surface area (Å²) in [6.45, 7) is 14.1. The van der Waals surface area contributed by atoms with Gasteiger partial charge in [-0.2, -0.15) is 0 Å². The van der Waals surface area contributed by atoms with Gasteiger partial charge < -0.3 is 35.0 Å². The molecular weight excluding hydrogens is 444 g/mol. The number of aliphatic hydroxyl groups excluding tert-OH is 4. The molecule has 9 nitrogen and oxygen atoms in total. The second kappa shape index (κ2) is 12.1. The third-order valence-electron chi connectivity index (χ3n) is 7.80. The maximum Gasteiger partial charge on any atom is 0.311 e. The zero-order valence-electron chi connectivity index (χ0n) is 22.0. The minimum Gasteiger partial charge on any atom is -0.462 e. The van der Waals surface area contributed by atoms with E-state index in [0.717, 1.165) is 0 Å². The van der Waals surface area contributed by atoms with E-state index >= 15 is 0 Å². The van der Waals surface area contributed by atoms with E-state index in [1.807, 2.05) is 0 Å². The molecule has 13 atom stereocenters. The molecule has 1 saturated heterocycles. The summed E-state index contributed by atoms with van der Waals surface area (Å²) in [7, 11) is 0. The van der Waals surface area contributed by atoms with Crippen LogP contribution in [-0.4, -0.2) is 79.7 Å². The number of carbonyl (C=O) groups is 2. The average molecular weight is 491 g/mol. The SMILES string of the molecule is CC(=O)O[C@H]1[C@@H](C)[C@@H]([C@@H](C)[C@H](C)O)OC(=O)[C@H](C)[C@@H](O)[C@H](C)[C@@H](O)C(C)C[C@](C)(O)[C@H](O)[C@H]1C. The maximum atomic E-state index is 13.0. The molecule has 0 aliphatic carbocycles. The molecule has 0 saturated carbocycles. The van der Waals surface area contributed by atoms with Gasteiger partial charge in [-0.25, -0.2) is 0 Å². The Morgan fingerprint density at radius 2 is 1.56 bits per heavy atom. The molecule has 1 heterocycles. The molecule has 1 aliphatic rings. The van der Waals surface area contributed by atoms with Gasteiger partial charge in [0.2, 0.25) is 0 Å². The third kappa shape index (κ3) is 7.13. The highest BCUT2D eigenvalue weighted by Crippen LogP contribution is 2.36. The summed E-state index contributed by atoms with van der Waals surface area (Å²) in [6, 6.07) is 0. The van der Waals surface area contributed by atoms with Crippen molar-refractivity contribution in [2.24, 2.45) is 35.5 Å². The predicted octanol–water partition coefficient (Wildman–Crippen LogP) is 1.26. The Labute approximate surface area is 203 Å². The van der Waals surface area contributed by atoms with Gasteiger partial charge in [-0.05, 0) is 33.1 Å². The van der Waals surface area contributed by atoms with Gasteiger partial charge in [0.15, 0.2) is 0 Å². The number of rotatable bonds is 3. The first-order valence-electron chi connectivity index (χ1n) is 12.3. The van der Waals surface area contributed by atoms with Crippen LogP contribution in [0.3, 0.4) is 0 Å². The molecule has 1 aliphatic heterocycles. The molecule has 34 heavy (non-hydrogen) atoms. The second-order valence-electron chi connectivity index (χ2n) is 10.9. The summed E-state index contributed by atoms with van der Waals surface area (Å²) >= 11 is 0. The summed E-state index contributed by atoms with van der Waals surface area (Å²) in [6.07, 6.45) is -6.41. The lowest BCUT2D eigenvalue weighted by Gasteiger charge is -2.43. The van der Waals surface area contributed by atoms with Crippen molar-refractivity contribution in [2.45, 2.75) is 111 Å². The Hall–Kier alpha value is -1.26. The molecule has 0 aromatic rings. The molecule has 200 valence electrons. The van der Waals surface area contributed by atoms with Gasteiger partial charge in [-0.1, -0.05) is 34.6 Å². The van der Waals surface area contributed by atoms with Gasteiger partial charge in [0.05, 0.1) is 35.9 Å². The van der Waals surface area contributed by atoms with Gasteiger partial charge in [-0.3, -0.25) is 9.59 Å². The number of cyclic esters (lactones) is 1. The van der Waals surface area contributed by atoms with Crippen LogP contribution in [-0.2, 0) is 19.1 Å². The van der Waals surface area contributed by atoms with E-state index in [4.69, 9.17) is 9.47 Å². The van der Waals surface area contributed by atoms with E-state index in [2.05, 4.69) is 0 Å². The lowest BCUT2D eigenvalue weighted by molar-refractivity contribution is -0.187. The van der Waals surface area contributed by atoms with Crippen molar-refractivity contribution < 1.29 is 44.6 Å². The van der Waals surface area contributed by atoms with Crippen LogP contribution in [0.1, 0.15) is 68.7 Å². The maximum absolute atomic E-state index is 13.0. The number of ether oxygens (including phenoxy) is 2. The molecule has 0 aromatic carbocycles. The molecule has 0 spiro atoms. The highest BCUT2D eigenvalue weighted by atomic mass is 16.6. The van der Waals surface area contributed by atoms with Crippen molar-refractivity contribution in [1.29, 1.82) is 0 Å². The monoisotopic (exact) mass is 490 g/mol. The van der Waals surface area contributed by atoms with Gasteiger partial charge in [-0.15, -0.1) is 0 Å². The van der Waals surface area contributed by atoms with Crippen LogP contribution in [0.5, 0.6) is 0 Å². The largest absolute Gasteiger partial charge is 0.462 e. The zero-order valence-corrected chi connectivity index (χ0v) is 22.0. The van der Waals surface area contributed by atoms with Crippen LogP contribution in [0.4, 0.5) is 0 Å². The first kappa shape index (κ1) is 30.8. The number of carbonyl (C=O) groups excluding carboxylic acids is 2. The van der Waals surface area contributed by atoms with Crippen molar-refractivity contribution in [2.75, 3.05) is 0 Å². The fourth-order valence-corrected chi connectivity index (χ4v) is 5.24. The fourth-order valence-electron chi connectivity index (χ4n) is 5.24. The van der Waals surface area contributed by atoms with Crippen LogP contribution >= 0.6 is 0 Å². The van der Waals surface area contributed by atoms with Crippen molar-refractivity contribution in [3.05, 3.63) is 0 Å². The number of esters is 2. The smallest absolute Gasteiger partial charge is 0.311 e. The van der Waals surface area contributed by atoms with Crippen LogP contribution < -0.4 is 0 Å². The molecule has 1 unspecified atom stereocenters. The Morgan fingerprint density at radius 1 is 1.03 bits per heavy atom. The Morgan fingerprint density at radius 3 is 2.03 bits per heavy atom. The van der Waals surface area contributed by atoms with E-state index in [1.165, 1.54) is 20.8 Å². The molecule has 1 fully saturated rings. The summed E-state index contributed by atoms with van der Waals surface area (Å²) in [5, 5.41) is 54.2. The van der Waals surface area contributed by atoms with Crippen molar-refractivity contribution in [1.82, 2.24) is 0 Å². The normalized spacial score (nSPS) is 44.9. The first-order chi connectivity index (χ1) is 15.4.